The molecule has 6 nitrogen and oxygen atoms in total. The second kappa shape index (κ2) is 9.43. The number of pyridine rings is 2. The van der Waals surface area contributed by atoms with Crippen LogP contribution in [0.3, 0.4) is 0 Å². The third-order valence-electron chi connectivity index (χ3n) is 4.57. The summed E-state index contributed by atoms with van der Waals surface area (Å²) < 4.78 is 1.82. The number of hydrogen-bond donors (Lipinski definition) is 1. The topological polar surface area (TPSA) is 72.7 Å². The molecule has 0 aliphatic rings. The Balaban J connectivity index is 1.50. The van der Waals surface area contributed by atoms with E-state index in [4.69, 9.17) is 5.10 Å². The van der Waals surface area contributed by atoms with E-state index in [0.29, 0.717) is 6.54 Å². The lowest BCUT2D eigenvalue weighted by atomic mass is 10.1. The van der Waals surface area contributed by atoms with Crippen molar-refractivity contribution in [1.29, 1.82) is 0 Å². The number of rotatable bonds is 7. The van der Waals surface area contributed by atoms with Gasteiger partial charge in [-0.25, -0.2) is 4.68 Å². The molecule has 0 spiro atoms. The van der Waals surface area contributed by atoms with Crippen LogP contribution in [0.4, 0.5) is 0 Å². The molecule has 3 aromatic heterocycles. The van der Waals surface area contributed by atoms with Crippen LogP contribution in [0.15, 0.2) is 91.7 Å². The average molecular weight is 395 g/mol. The average Bonchev–Trinajstić information content (AvgIpc) is 3.24. The highest BCUT2D eigenvalue weighted by Gasteiger charge is 2.10. The van der Waals surface area contributed by atoms with Crippen LogP contribution in [0.1, 0.15) is 11.1 Å². The molecule has 0 atom stereocenters. The van der Waals surface area contributed by atoms with Gasteiger partial charge in [-0.3, -0.25) is 14.8 Å². The van der Waals surface area contributed by atoms with Crippen molar-refractivity contribution < 1.29 is 4.79 Å². The van der Waals surface area contributed by atoms with Crippen LogP contribution >= 0.6 is 0 Å². The molecular formula is C24H21N5O. The zero-order chi connectivity index (χ0) is 20.6. The van der Waals surface area contributed by atoms with Crippen LogP contribution in [0.2, 0.25) is 0 Å². The van der Waals surface area contributed by atoms with E-state index in [-0.39, 0.29) is 5.91 Å². The summed E-state index contributed by atoms with van der Waals surface area (Å²) in [5.74, 6) is -0.146. The van der Waals surface area contributed by atoms with Crippen LogP contribution in [0, 0.1) is 0 Å². The third-order valence-corrected chi connectivity index (χ3v) is 4.57. The lowest BCUT2D eigenvalue weighted by Crippen LogP contribution is -2.23. The summed E-state index contributed by atoms with van der Waals surface area (Å²) in [5, 5.41) is 7.64. The van der Waals surface area contributed by atoms with E-state index in [9.17, 15) is 4.79 Å². The largest absolute Gasteiger partial charge is 0.352 e. The number of carbonyl (C=O) groups excluding carboxylic acids is 1. The molecule has 0 fully saturated rings. The summed E-state index contributed by atoms with van der Waals surface area (Å²) in [6.07, 6.45) is 13.0. The standard InChI is InChI=1S/C24H21N5O/c30-23(27-16-10-19-5-4-13-26-17-19)9-8-21-18-29(22-6-2-1-3-7-22)28-24(21)20-11-14-25-15-12-20/h1-9,11-15,17-18H,10,16H2,(H,27,30)/b9-8+. The first-order chi connectivity index (χ1) is 14.8. The van der Waals surface area contributed by atoms with Crippen molar-refractivity contribution in [2.45, 2.75) is 6.42 Å². The quantitative estimate of drug-likeness (QED) is 0.484. The molecule has 30 heavy (non-hydrogen) atoms. The third kappa shape index (κ3) is 4.86. The van der Waals surface area contributed by atoms with Crippen molar-refractivity contribution in [2.24, 2.45) is 0 Å². The van der Waals surface area contributed by atoms with E-state index >= 15 is 0 Å². The van der Waals surface area contributed by atoms with E-state index in [1.165, 1.54) is 0 Å². The molecule has 4 rings (SSSR count). The zero-order valence-electron chi connectivity index (χ0n) is 16.3. The molecule has 1 N–H and O–H groups in total. The molecule has 3 heterocycles. The van der Waals surface area contributed by atoms with Crippen molar-refractivity contribution in [3.63, 3.8) is 0 Å². The minimum atomic E-state index is -0.146. The predicted octanol–water partition coefficient (Wildman–Crippen LogP) is 3.70. The Morgan fingerprint density at radius 3 is 2.57 bits per heavy atom. The number of carbonyl (C=O) groups is 1. The number of benzene rings is 1. The van der Waals surface area contributed by atoms with Gasteiger partial charge in [-0.2, -0.15) is 5.10 Å². The first kappa shape index (κ1) is 19.3. The molecule has 1 amide bonds. The number of hydrogen-bond acceptors (Lipinski definition) is 4. The summed E-state index contributed by atoms with van der Waals surface area (Å²) in [4.78, 5) is 20.4. The minimum absolute atomic E-state index is 0.146. The number of aromatic nitrogens is 4. The Labute approximate surface area is 174 Å². The number of nitrogens with zero attached hydrogens (tertiary/aromatic N) is 4. The lowest BCUT2D eigenvalue weighted by Gasteiger charge is -2.02. The lowest BCUT2D eigenvalue weighted by molar-refractivity contribution is -0.116. The van der Waals surface area contributed by atoms with Crippen molar-refractivity contribution >= 4 is 12.0 Å². The van der Waals surface area contributed by atoms with Crippen LogP contribution in [-0.2, 0) is 11.2 Å². The molecule has 0 aliphatic heterocycles. The van der Waals surface area contributed by atoms with Gasteiger partial charge in [0.2, 0.25) is 5.91 Å². The van der Waals surface area contributed by atoms with Crippen LogP contribution in [-0.4, -0.2) is 32.2 Å². The normalized spacial score (nSPS) is 10.9. The fourth-order valence-corrected chi connectivity index (χ4v) is 3.06. The Bertz CT molecular complexity index is 1120. The van der Waals surface area contributed by atoms with Crippen molar-refractivity contribution in [3.8, 4) is 16.9 Å². The number of amides is 1. The first-order valence-electron chi connectivity index (χ1n) is 9.70. The van der Waals surface area contributed by atoms with Crippen molar-refractivity contribution in [3.05, 3.63) is 103 Å². The molecule has 0 bridgehead atoms. The number of para-hydroxylation sites is 1. The minimum Gasteiger partial charge on any atom is -0.352 e. The van der Waals surface area contributed by atoms with Gasteiger partial charge < -0.3 is 5.32 Å². The van der Waals surface area contributed by atoms with E-state index in [0.717, 1.165) is 34.5 Å². The van der Waals surface area contributed by atoms with Crippen LogP contribution < -0.4 is 5.32 Å². The molecular weight excluding hydrogens is 374 g/mol. The first-order valence-corrected chi connectivity index (χ1v) is 9.70. The molecule has 148 valence electrons. The van der Waals surface area contributed by atoms with Gasteiger partial charge in [0.25, 0.3) is 0 Å². The Kier molecular flexibility index (Phi) is 6.05. The Hall–Kier alpha value is -4.06. The van der Waals surface area contributed by atoms with Crippen molar-refractivity contribution in [2.75, 3.05) is 6.54 Å². The fraction of sp³-hybridized carbons (Fsp3) is 0.0833. The maximum absolute atomic E-state index is 12.3. The second-order valence-corrected chi connectivity index (χ2v) is 6.68. The molecule has 0 saturated carbocycles. The maximum atomic E-state index is 12.3. The summed E-state index contributed by atoms with van der Waals surface area (Å²) >= 11 is 0. The Morgan fingerprint density at radius 2 is 1.80 bits per heavy atom. The molecule has 1 aromatic carbocycles. The number of nitrogens with one attached hydrogen (secondary N) is 1. The molecule has 0 unspecified atom stereocenters. The van der Waals surface area contributed by atoms with Gasteiger partial charge in [-0.05, 0) is 48.4 Å². The van der Waals surface area contributed by atoms with E-state index in [2.05, 4.69) is 15.3 Å². The van der Waals surface area contributed by atoms with Gasteiger partial charge in [0, 0.05) is 54.7 Å². The highest BCUT2D eigenvalue weighted by molar-refractivity contribution is 5.92. The summed E-state index contributed by atoms with van der Waals surface area (Å²) in [7, 11) is 0. The highest BCUT2D eigenvalue weighted by atomic mass is 16.1. The second-order valence-electron chi connectivity index (χ2n) is 6.68. The van der Waals surface area contributed by atoms with Crippen molar-refractivity contribution in [1.82, 2.24) is 25.1 Å². The molecule has 0 aliphatic carbocycles. The summed E-state index contributed by atoms with van der Waals surface area (Å²) in [5.41, 5.74) is 4.63. The van der Waals surface area contributed by atoms with Gasteiger partial charge in [-0.1, -0.05) is 24.3 Å². The molecule has 0 saturated heterocycles. The summed E-state index contributed by atoms with van der Waals surface area (Å²) in [6.45, 7) is 0.551. The smallest absolute Gasteiger partial charge is 0.244 e. The maximum Gasteiger partial charge on any atom is 0.244 e. The van der Waals surface area contributed by atoms with Gasteiger partial charge in [0.15, 0.2) is 0 Å². The predicted molar refractivity (Wildman–Crippen MR) is 117 cm³/mol. The van der Waals surface area contributed by atoms with E-state index < -0.39 is 0 Å². The van der Waals surface area contributed by atoms with Crippen LogP contribution in [0.5, 0.6) is 0 Å². The van der Waals surface area contributed by atoms with Gasteiger partial charge in [0.05, 0.1) is 5.69 Å². The SMILES string of the molecule is O=C(/C=C/c1cn(-c2ccccc2)nc1-c1ccncc1)NCCc1cccnc1. The monoisotopic (exact) mass is 395 g/mol. The van der Waals surface area contributed by atoms with Gasteiger partial charge in [0.1, 0.15) is 5.69 Å². The Morgan fingerprint density at radius 1 is 0.967 bits per heavy atom. The summed E-state index contributed by atoms with van der Waals surface area (Å²) in [6, 6.07) is 17.6. The molecule has 4 aromatic rings. The molecule has 6 heteroatoms. The van der Waals surface area contributed by atoms with E-state index in [1.54, 1.807) is 36.9 Å². The zero-order valence-corrected chi connectivity index (χ0v) is 16.3. The highest BCUT2D eigenvalue weighted by Crippen LogP contribution is 2.24. The van der Waals surface area contributed by atoms with E-state index in [1.807, 2.05) is 65.5 Å². The fourth-order valence-electron chi connectivity index (χ4n) is 3.06. The molecule has 0 radical (unpaired) electrons. The van der Waals surface area contributed by atoms with Gasteiger partial charge in [-0.15, -0.1) is 0 Å². The van der Waals surface area contributed by atoms with Crippen LogP contribution in [0.25, 0.3) is 23.0 Å². The van der Waals surface area contributed by atoms with Gasteiger partial charge >= 0.3 is 0 Å².